The zero-order chi connectivity index (χ0) is 17.9. The predicted molar refractivity (Wildman–Crippen MR) is 98.4 cm³/mol. The highest BCUT2D eigenvalue weighted by atomic mass is 35.5. The molecule has 3 rings (SSSR count). The maximum atomic E-state index is 13.2. The summed E-state index contributed by atoms with van der Waals surface area (Å²) in [6.07, 6.45) is 4.43. The molecule has 1 saturated carbocycles. The second kappa shape index (κ2) is 7.64. The van der Waals surface area contributed by atoms with Crippen LogP contribution in [0.3, 0.4) is 0 Å². The third-order valence-electron chi connectivity index (χ3n) is 5.41. The molecule has 25 heavy (non-hydrogen) atoms. The number of carbonyl (C=O) groups excluding carboxylic acids is 1. The SMILES string of the molecule is O=C(NCC1CCCNC1)C1(S(=O)(=O)c2ccc(Cl)cc2)CCCC1. The molecule has 1 atom stereocenters. The quantitative estimate of drug-likeness (QED) is 0.818. The van der Waals surface area contributed by atoms with E-state index >= 15 is 0 Å². The van der Waals surface area contributed by atoms with E-state index in [9.17, 15) is 13.2 Å². The Balaban J connectivity index is 1.80. The minimum Gasteiger partial charge on any atom is -0.354 e. The lowest BCUT2D eigenvalue weighted by atomic mass is 9.99. The van der Waals surface area contributed by atoms with E-state index in [0.717, 1.165) is 38.8 Å². The van der Waals surface area contributed by atoms with Crippen LogP contribution in [0.2, 0.25) is 5.02 Å². The van der Waals surface area contributed by atoms with Gasteiger partial charge in [-0.15, -0.1) is 0 Å². The van der Waals surface area contributed by atoms with Gasteiger partial charge in [-0.05, 0) is 69.0 Å². The number of nitrogens with one attached hydrogen (secondary N) is 2. The fourth-order valence-corrected chi connectivity index (χ4v) is 6.11. The summed E-state index contributed by atoms with van der Waals surface area (Å²) < 4.78 is 25.1. The van der Waals surface area contributed by atoms with Gasteiger partial charge in [0, 0.05) is 11.6 Å². The lowest BCUT2D eigenvalue weighted by Gasteiger charge is -2.29. The first kappa shape index (κ1) is 18.7. The number of hydrogen-bond acceptors (Lipinski definition) is 4. The first-order valence-corrected chi connectivity index (χ1v) is 10.8. The monoisotopic (exact) mass is 384 g/mol. The molecule has 0 bridgehead atoms. The van der Waals surface area contributed by atoms with Crippen molar-refractivity contribution < 1.29 is 13.2 Å². The van der Waals surface area contributed by atoms with Crippen molar-refractivity contribution in [2.24, 2.45) is 5.92 Å². The molecular formula is C18H25ClN2O3S. The van der Waals surface area contributed by atoms with E-state index in [2.05, 4.69) is 10.6 Å². The molecule has 5 nitrogen and oxygen atoms in total. The molecule has 1 saturated heterocycles. The van der Waals surface area contributed by atoms with E-state index in [1.165, 1.54) is 12.1 Å². The lowest BCUT2D eigenvalue weighted by molar-refractivity contribution is -0.123. The summed E-state index contributed by atoms with van der Waals surface area (Å²) in [5.74, 6) is 0.0277. The maximum Gasteiger partial charge on any atom is 0.241 e. The Morgan fingerprint density at radius 1 is 1.20 bits per heavy atom. The second-order valence-corrected chi connectivity index (χ2v) is 9.78. The molecule has 7 heteroatoms. The normalized spacial score (nSPS) is 23.3. The van der Waals surface area contributed by atoms with Gasteiger partial charge >= 0.3 is 0 Å². The summed E-state index contributed by atoms with van der Waals surface area (Å²) in [5.41, 5.74) is 0. The van der Waals surface area contributed by atoms with Gasteiger partial charge in [-0.25, -0.2) is 8.42 Å². The second-order valence-electron chi connectivity index (χ2n) is 7.08. The molecule has 2 N–H and O–H groups in total. The highest BCUT2D eigenvalue weighted by Gasteiger charge is 2.52. The number of carbonyl (C=O) groups is 1. The van der Waals surface area contributed by atoms with Crippen molar-refractivity contribution in [2.45, 2.75) is 48.2 Å². The molecule has 1 unspecified atom stereocenters. The Hall–Kier alpha value is -1.11. The molecule has 0 radical (unpaired) electrons. The van der Waals surface area contributed by atoms with Gasteiger partial charge in [0.05, 0.1) is 4.90 Å². The van der Waals surface area contributed by atoms with Crippen molar-refractivity contribution in [3.8, 4) is 0 Å². The largest absolute Gasteiger partial charge is 0.354 e. The molecular weight excluding hydrogens is 360 g/mol. The van der Waals surface area contributed by atoms with Gasteiger partial charge in [-0.1, -0.05) is 24.4 Å². The van der Waals surface area contributed by atoms with Gasteiger partial charge < -0.3 is 10.6 Å². The first-order valence-electron chi connectivity index (χ1n) is 8.95. The number of amides is 1. The van der Waals surface area contributed by atoms with Crippen LogP contribution < -0.4 is 10.6 Å². The molecule has 1 aliphatic carbocycles. The molecule has 2 aliphatic rings. The van der Waals surface area contributed by atoms with Crippen LogP contribution in [-0.4, -0.2) is 38.7 Å². The highest BCUT2D eigenvalue weighted by Crippen LogP contribution is 2.41. The maximum absolute atomic E-state index is 13.2. The molecule has 0 aromatic heterocycles. The van der Waals surface area contributed by atoms with Crippen molar-refractivity contribution in [1.29, 1.82) is 0 Å². The highest BCUT2D eigenvalue weighted by molar-refractivity contribution is 7.93. The Morgan fingerprint density at radius 3 is 2.48 bits per heavy atom. The Kier molecular flexibility index (Phi) is 5.71. The van der Waals surface area contributed by atoms with Crippen LogP contribution >= 0.6 is 11.6 Å². The third-order valence-corrected chi connectivity index (χ3v) is 8.18. The van der Waals surface area contributed by atoms with Crippen molar-refractivity contribution in [1.82, 2.24) is 10.6 Å². The van der Waals surface area contributed by atoms with Crippen LogP contribution in [-0.2, 0) is 14.6 Å². The van der Waals surface area contributed by atoms with Crippen LogP contribution in [0.4, 0.5) is 0 Å². The number of halogens is 1. The summed E-state index contributed by atoms with van der Waals surface area (Å²) in [5, 5.41) is 6.74. The molecule has 1 amide bonds. The fourth-order valence-electron chi connectivity index (χ4n) is 3.90. The van der Waals surface area contributed by atoms with Crippen molar-refractivity contribution in [2.75, 3.05) is 19.6 Å². The molecule has 1 aliphatic heterocycles. The van der Waals surface area contributed by atoms with Gasteiger partial charge in [0.1, 0.15) is 0 Å². The zero-order valence-corrected chi connectivity index (χ0v) is 15.8. The van der Waals surface area contributed by atoms with Gasteiger partial charge in [0.25, 0.3) is 0 Å². The number of sulfone groups is 1. The summed E-state index contributed by atoms with van der Waals surface area (Å²) in [6.45, 7) is 2.42. The minimum absolute atomic E-state index is 0.174. The summed E-state index contributed by atoms with van der Waals surface area (Å²) in [6, 6.07) is 6.11. The zero-order valence-electron chi connectivity index (χ0n) is 14.3. The molecule has 1 aromatic carbocycles. The van der Waals surface area contributed by atoms with Gasteiger partial charge in [0.2, 0.25) is 5.91 Å². The van der Waals surface area contributed by atoms with E-state index in [4.69, 9.17) is 11.6 Å². The summed E-state index contributed by atoms with van der Waals surface area (Å²) in [4.78, 5) is 13.1. The van der Waals surface area contributed by atoms with Crippen LogP contribution in [0.15, 0.2) is 29.2 Å². The third kappa shape index (κ3) is 3.71. The van der Waals surface area contributed by atoms with Gasteiger partial charge in [-0.2, -0.15) is 0 Å². The average Bonchev–Trinajstić information content (AvgIpc) is 3.13. The minimum atomic E-state index is -3.76. The molecule has 1 heterocycles. The average molecular weight is 385 g/mol. The van der Waals surface area contributed by atoms with Crippen molar-refractivity contribution >= 4 is 27.3 Å². The Labute approximate surface area is 154 Å². The van der Waals surface area contributed by atoms with E-state index in [1.807, 2.05) is 0 Å². The van der Waals surface area contributed by atoms with E-state index < -0.39 is 14.6 Å². The van der Waals surface area contributed by atoms with E-state index in [-0.39, 0.29) is 10.8 Å². The fraction of sp³-hybridized carbons (Fsp3) is 0.611. The van der Waals surface area contributed by atoms with E-state index in [1.54, 1.807) is 12.1 Å². The molecule has 2 fully saturated rings. The summed E-state index contributed by atoms with van der Waals surface area (Å²) in [7, 11) is -3.76. The number of benzene rings is 1. The van der Waals surface area contributed by atoms with Crippen LogP contribution in [0.1, 0.15) is 38.5 Å². The number of hydrogen-bond donors (Lipinski definition) is 2. The Morgan fingerprint density at radius 2 is 1.88 bits per heavy atom. The number of piperidine rings is 1. The lowest BCUT2D eigenvalue weighted by Crippen LogP contribution is -2.52. The van der Waals surface area contributed by atoms with Crippen LogP contribution in [0, 0.1) is 5.92 Å². The number of rotatable bonds is 5. The van der Waals surface area contributed by atoms with Crippen LogP contribution in [0.25, 0.3) is 0 Å². The molecule has 0 spiro atoms. The summed E-state index contributed by atoms with van der Waals surface area (Å²) >= 11 is 5.87. The smallest absolute Gasteiger partial charge is 0.241 e. The topological polar surface area (TPSA) is 75.3 Å². The first-order chi connectivity index (χ1) is 12.0. The van der Waals surface area contributed by atoms with Crippen molar-refractivity contribution in [3.05, 3.63) is 29.3 Å². The van der Waals surface area contributed by atoms with Crippen molar-refractivity contribution in [3.63, 3.8) is 0 Å². The standard InChI is InChI=1S/C18H25ClN2O3S/c19-15-5-7-16(8-6-15)25(23,24)18(9-1-2-10-18)17(22)21-13-14-4-3-11-20-12-14/h5-8,14,20H,1-4,9-13H2,(H,21,22). The molecule has 1 aromatic rings. The van der Waals surface area contributed by atoms with Gasteiger partial charge in [-0.3, -0.25) is 4.79 Å². The van der Waals surface area contributed by atoms with Crippen LogP contribution in [0.5, 0.6) is 0 Å². The van der Waals surface area contributed by atoms with E-state index in [0.29, 0.717) is 30.3 Å². The molecule has 138 valence electrons. The Bertz CT molecular complexity index is 706. The predicted octanol–water partition coefficient (Wildman–Crippen LogP) is 2.54. The van der Waals surface area contributed by atoms with Gasteiger partial charge in [0.15, 0.2) is 14.6 Å².